The summed E-state index contributed by atoms with van der Waals surface area (Å²) in [5, 5.41) is 5.98. The molecule has 2 rings (SSSR count). The molecule has 2 heterocycles. The van der Waals surface area contributed by atoms with E-state index >= 15 is 0 Å². The van der Waals surface area contributed by atoms with Crippen LogP contribution in [0.4, 0.5) is 5.82 Å². The number of aryl methyl sites for hydroxylation is 2. The molecule has 0 aliphatic rings. The van der Waals surface area contributed by atoms with Gasteiger partial charge in [0.2, 0.25) is 0 Å². The molecule has 4 nitrogen and oxygen atoms in total. The van der Waals surface area contributed by atoms with Crippen molar-refractivity contribution in [2.24, 2.45) is 0 Å². The monoisotopic (exact) mass is 252 g/mol. The minimum absolute atomic E-state index is 0.766. The van der Waals surface area contributed by atoms with Crippen molar-refractivity contribution in [3.05, 3.63) is 23.0 Å². The lowest BCUT2D eigenvalue weighted by molar-refractivity contribution is 0.968. The van der Waals surface area contributed by atoms with E-state index in [-0.39, 0.29) is 0 Å². The quantitative estimate of drug-likeness (QED) is 0.851. The summed E-state index contributed by atoms with van der Waals surface area (Å²) in [4.78, 5) is 13.0. The zero-order valence-corrected chi connectivity index (χ0v) is 10.9. The van der Waals surface area contributed by atoms with Gasteiger partial charge in [-0.2, -0.15) is 0 Å². The molecule has 0 saturated carbocycles. The second-order valence-electron chi connectivity index (χ2n) is 3.25. The molecule has 0 amide bonds. The molecule has 1 N–H and O–H groups in total. The summed E-state index contributed by atoms with van der Waals surface area (Å²) in [7, 11) is 1.85. The van der Waals surface area contributed by atoms with E-state index < -0.39 is 0 Å². The van der Waals surface area contributed by atoms with Gasteiger partial charge in [-0.3, -0.25) is 0 Å². The topological polar surface area (TPSA) is 50.7 Å². The largest absolute Gasteiger partial charge is 0.373 e. The normalized spacial score (nSPS) is 10.4. The van der Waals surface area contributed by atoms with Crippen LogP contribution in [0.5, 0.6) is 0 Å². The fourth-order valence-electron chi connectivity index (χ4n) is 1.19. The zero-order valence-electron chi connectivity index (χ0n) is 9.31. The lowest BCUT2D eigenvalue weighted by Gasteiger charge is -2.03. The first kappa shape index (κ1) is 11.3. The lowest BCUT2D eigenvalue weighted by atomic mass is 10.5. The Labute approximate surface area is 103 Å². The molecule has 0 fully saturated rings. The standard InChI is InChI=1S/C10H12N4S2/c1-6-5-15-10(12-6)16-9-4-8(11-3)13-7(2)14-9/h4-5H,1-3H3,(H,11,13,14). The van der Waals surface area contributed by atoms with Crippen molar-refractivity contribution in [3.63, 3.8) is 0 Å². The fraction of sp³-hybridized carbons (Fsp3) is 0.300. The molecule has 0 unspecified atom stereocenters. The van der Waals surface area contributed by atoms with E-state index in [2.05, 4.69) is 20.3 Å². The molecule has 0 aliphatic heterocycles. The third-order valence-corrected chi connectivity index (χ3v) is 3.84. The van der Waals surface area contributed by atoms with Crippen LogP contribution in [0.25, 0.3) is 0 Å². The Hall–Kier alpha value is -1.14. The van der Waals surface area contributed by atoms with Crippen molar-refractivity contribution >= 4 is 28.9 Å². The summed E-state index contributed by atoms with van der Waals surface area (Å²) in [5.74, 6) is 1.60. The summed E-state index contributed by atoms with van der Waals surface area (Å²) in [6.45, 7) is 3.88. The Kier molecular flexibility index (Phi) is 3.40. The van der Waals surface area contributed by atoms with Gasteiger partial charge in [-0.05, 0) is 25.6 Å². The molecule has 0 aliphatic carbocycles. The number of hydrogen-bond acceptors (Lipinski definition) is 6. The predicted molar refractivity (Wildman–Crippen MR) is 67.3 cm³/mol. The van der Waals surface area contributed by atoms with Crippen LogP contribution in [0, 0.1) is 13.8 Å². The molecular weight excluding hydrogens is 240 g/mol. The molecule has 0 radical (unpaired) electrons. The van der Waals surface area contributed by atoms with Crippen LogP contribution in [0.15, 0.2) is 20.8 Å². The summed E-state index contributed by atoms with van der Waals surface area (Å²) < 4.78 is 1.01. The minimum Gasteiger partial charge on any atom is -0.373 e. The zero-order chi connectivity index (χ0) is 11.5. The van der Waals surface area contributed by atoms with Crippen LogP contribution >= 0.6 is 23.1 Å². The van der Waals surface area contributed by atoms with E-state index in [1.165, 1.54) is 0 Å². The van der Waals surface area contributed by atoms with Gasteiger partial charge in [0.05, 0.1) is 0 Å². The van der Waals surface area contributed by atoms with Gasteiger partial charge in [0.1, 0.15) is 16.7 Å². The highest BCUT2D eigenvalue weighted by atomic mass is 32.2. The number of nitrogens with one attached hydrogen (secondary N) is 1. The van der Waals surface area contributed by atoms with Gasteiger partial charge >= 0.3 is 0 Å². The first-order valence-corrected chi connectivity index (χ1v) is 6.50. The summed E-state index contributed by atoms with van der Waals surface area (Å²) in [5.41, 5.74) is 1.05. The third kappa shape index (κ3) is 2.70. The number of anilines is 1. The number of nitrogens with zero attached hydrogens (tertiary/aromatic N) is 3. The molecule has 0 atom stereocenters. The molecule has 0 bridgehead atoms. The number of aromatic nitrogens is 3. The molecule has 0 aromatic carbocycles. The Bertz CT molecular complexity index is 495. The van der Waals surface area contributed by atoms with Crippen LogP contribution in [0.2, 0.25) is 0 Å². The van der Waals surface area contributed by atoms with Gasteiger partial charge < -0.3 is 5.32 Å². The predicted octanol–water partition coefficient (Wildman–Crippen LogP) is 2.74. The van der Waals surface area contributed by atoms with Crippen molar-refractivity contribution < 1.29 is 0 Å². The van der Waals surface area contributed by atoms with Crippen molar-refractivity contribution in [2.75, 3.05) is 12.4 Å². The SMILES string of the molecule is CNc1cc(Sc2nc(C)cs2)nc(C)n1. The van der Waals surface area contributed by atoms with Crippen molar-refractivity contribution in [2.45, 2.75) is 23.2 Å². The first-order chi connectivity index (χ1) is 7.67. The van der Waals surface area contributed by atoms with Crippen molar-refractivity contribution in [1.29, 1.82) is 0 Å². The Morgan fingerprint density at radius 3 is 2.69 bits per heavy atom. The van der Waals surface area contributed by atoms with Crippen LogP contribution in [0.3, 0.4) is 0 Å². The van der Waals surface area contributed by atoms with Gasteiger partial charge in [-0.15, -0.1) is 11.3 Å². The first-order valence-electron chi connectivity index (χ1n) is 4.81. The van der Waals surface area contributed by atoms with Gasteiger partial charge in [-0.25, -0.2) is 15.0 Å². The Balaban J connectivity index is 2.24. The van der Waals surface area contributed by atoms with E-state index in [9.17, 15) is 0 Å². The van der Waals surface area contributed by atoms with Gasteiger partial charge in [0.15, 0.2) is 4.34 Å². The highest BCUT2D eigenvalue weighted by Gasteiger charge is 2.05. The van der Waals surface area contributed by atoms with Crippen molar-refractivity contribution in [3.8, 4) is 0 Å². The number of rotatable bonds is 3. The van der Waals surface area contributed by atoms with E-state index in [0.29, 0.717) is 0 Å². The molecular formula is C10H12N4S2. The molecule has 84 valence electrons. The summed E-state index contributed by atoms with van der Waals surface area (Å²) in [6, 6.07) is 1.92. The molecule has 16 heavy (non-hydrogen) atoms. The van der Waals surface area contributed by atoms with E-state index in [4.69, 9.17) is 0 Å². The number of hydrogen-bond donors (Lipinski definition) is 1. The fourth-order valence-corrected chi connectivity index (χ4v) is 3.02. The van der Waals surface area contributed by atoms with Crippen LogP contribution < -0.4 is 5.32 Å². The molecule has 0 saturated heterocycles. The molecule has 0 spiro atoms. The Morgan fingerprint density at radius 2 is 2.06 bits per heavy atom. The average Bonchev–Trinajstić information content (AvgIpc) is 2.63. The van der Waals surface area contributed by atoms with Gasteiger partial charge in [0.25, 0.3) is 0 Å². The third-order valence-electron chi connectivity index (χ3n) is 1.86. The maximum Gasteiger partial charge on any atom is 0.156 e. The maximum atomic E-state index is 4.39. The minimum atomic E-state index is 0.766. The molecule has 2 aromatic rings. The lowest BCUT2D eigenvalue weighted by Crippen LogP contribution is -1.97. The molecule has 2 aromatic heterocycles. The van der Waals surface area contributed by atoms with Crippen LogP contribution in [-0.4, -0.2) is 22.0 Å². The number of thiazole rings is 1. The van der Waals surface area contributed by atoms with Gasteiger partial charge in [0, 0.05) is 24.2 Å². The highest BCUT2D eigenvalue weighted by Crippen LogP contribution is 2.29. The van der Waals surface area contributed by atoms with Crippen LogP contribution in [0.1, 0.15) is 11.5 Å². The summed E-state index contributed by atoms with van der Waals surface area (Å²) >= 11 is 3.20. The van der Waals surface area contributed by atoms with E-state index in [1.807, 2.05) is 32.3 Å². The molecule has 6 heteroatoms. The second kappa shape index (κ2) is 4.80. The Morgan fingerprint density at radius 1 is 1.25 bits per heavy atom. The average molecular weight is 252 g/mol. The smallest absolute Gasteiger partial charge is 0.156 e. The second-order valence-corrected chi connectivity index (χ2v) is 5.37. The summed E-state index contributed by atoms with van der Waals surface area (Å²) in [6.07, 6.45) is 0. The van der Waals surface area contributed by atoms with Gasteiger partial charge in [-0.1, -0.05) is 0 Å². The maximum absolute atomic E-state index is 4.39. The van der Waals surface area contributed by atoms with Crippen molar-refractivity contribution in [1.82, 2.24) is 15.0 Å². The van der Waals surface area contributed by atoms with E-state index in [0.717, 1.165) is 26.7 Å². The van der Waals surface area contributed by atoms with E-state index in [1.54, 1.807) is 23.1 Å². The van der Waals surface area contributed by atoms with Crippen LogP contribution in [-0.2, 0) is 0 Å². The highest BCUT2D eigenvalue weighted by molar-refractivity contribution is 8.01.